The fourth-order valence-electron chi connectivity index (χ4n) is 6.68. The van der Waals surface area contributed by atoms with Gasteiger partial charge in [0.05, 0.1) is 34.4 Å². The number of quaternary nitrogens is 1. The Balaban J connectivity index is 4.41. The molecule has 8 nitrogen and oxygen atoms in total. The molecule has 0 radical (unpaired) electrons. The molecule has 8 heteroatoms. The Bertz CT molecular complexity index is 1290. The fourth-order valence-corrected chi connectivity index (χ4v) is 6.68. The van der Waals surface area contributed by atoms with Crippen molar-refractivity contribution in [2.45, 2.75) is 199 Å². The van der Waals surface area contributed by atoms with Gasteiger partial charge in [0.2, 0.25) is 0 Å². The molecule has 0 aromatic carbocycles. The first-order chi connectivity index (χ1) is 30.1. The first-order valence-electron chi connectivity index (χ1n) is 24.6. The van der Waals surface area contributed by atoms with Gasteiger partial charge in [-0.1, -0.05) is 163 Å². The number of ether oxygens (including phenoxy) is 3. The second kappa shape index (κ2) is 44.1. The second-order valence-electron chi connectivity index (χ2n) is 17.4. The molecule has 0 bridgehead atoms. The summed E-state index contributed by atoms with van der Waals surface area (Å²) in [5.74, 6) is -1.57. The molecule has 2 atom stereocenters. The number of unbranched alkanes of at least 4 members (excludes halogenated alkanes) is 15. The summed E-state index contributed by atoms with van der Waals surface area (Å²) in [7, 11) is 5.50. The molecule has 1 N–H and O–H groups in total. The van der Waals surface area contributed by atoms with E-state index in [1.165, 1.54) is 70.6 Å². The van der Waals surface area contributed by atoms with E-state index in [2.05, 4.69) is 98.9 Å². The SMILES string of the molecule is CCCCC/C=C/C/C=C/C/C=C/C/C=C/CCCCCCCC(=O)OCC(COCCC(C(=O)O)[N+](C)(C)C)OC(=O)CCC/C=C/C/C=C/C/C=C/CCCCCCCC. The number of carboxylic acid groups (broad SMARTS) is 1. The molecule has 0 saturated heterocycles. The lowest BCUT2D eigenvalue weighted by molar-refractivity contribution is -0.887. The van der Waals surface area contributed by atoms with Crippen molar-refractivity contribution in [2.24, 2.45) is 0 Å². The zero-order valence-corrected chi connectivity index (χ0v) is 40.3. The van der Waals surface area contributed by atoms with Crippen LogP contribution in [0, 0.1) is 0 Å². The van der Waals surface area contributed by atoms with E-state index in [0.717, 1.165) is 77.0 Å². The minimum Gasteiger partial charge on any atom is -0.477 e. The number of nitrogens with zero attached hydrogens (tertiary/aromatic N) is 1. The first kappa shape index (κ1) is 58.5. The highest BCUT2D eigenvalue weighted by atomic mass is 16.6. The zero-order valence-electron chi connectivity index (χ0n) is 40.3. The summed E-state index contributed by atoms with van der Waals surface area (Å²) < 4.78 is 17.2. The number of hydrogen-bond acceptors (Lipinski definition) is 6. The van der Waals surface area contributed by atoms with Gasteiger partial charge in [0.1, 0.15) is 6.61 Å². The Morgan fingerprint density at radius 3 is 1.34 bits per heavy atom. The van der Waals surface area contributed by atoms with Crippen LogP contribution >= 0.6 is 0 Å². The number of carbonyl (C=O) groups is 3. The van der Waals surface area contributed by atoms with E-state index >= 15 is 0 Å². The van der Waals surface area contributed by atoms with Crippen molar-refractivity contribution < 1.29 is 38.2 Å². The Morgan fingerprint density at radius 2 is 0.871 bits per heavy atom. The Hall–Kier alpha value is -3.49. The Labute approximate surface area is 380 Å². The molecule has 0 aliphatic rings. The van der Waals surface area contributed by atoms with Gasteiger partial charge in [0.15, 0.2) is 12.1 Å². The molecule has 0 aliphatic carbocycles. The molecule has 0 spiro atoms. The van der Waals surface area contributed by atoms with Gasteiger partial charge in [0, 0.05) is 19.3 Å². The van der Waals surface area contributed by atoms with Crippen molar-refractivity contribution in [3.05, 3.63) is 85.1 Å². The third kappa shape index (κ3) is 41.8. The van der Waals surface area contributed by atoms with Crippen LogP contribution in [0.5, 0.6) is 0 Å². The van der Waals surface area contributed by atoms with E-state index in [-0.39, 0.29) is 42.7 Å². The summed E-state index contributed by atoms with van der Waals surface area (Å²) in [6, 6.07) is -0.631. The summed E-state index contributed by atoms with van der Waals surface area (Å²) in [5.41, 5.74) is 0. The number of carbonyl (C=O) groups excluding carboxylic acids is 2. The quantitative estimate of drug-likeness (QED) is 0.0282. The molecular formula is C54H92NO7+. The number of allylic oxidation sites excluding steroid dienone is 14. The number of hydrogen-bond donors (Lipinski definition) is 1. The molecule has 0 aromatic rings. The topological polar surface area (TPSA) is 99.1 Å². The van der Waals surface area contributed by atoms with Gasteiger partial charge in [-0.25, -0.2) is 4.79 Å². The van der Waals surface area contributed by atoms with Crippen molar-refractivity contribution in [1.82, 2.24) is 0 Å². The number of esters is 2. The van der Waals surface area contributed by atoms with Crippen LogP contribution in [0.25, 0.3) is 0 Å². The van der Waals surface area contributed by atoms with Crippen LogP contribution in [0.1, 0.15) is 187 Å². The maximum absolute atomic E-state index is 12.7. The molecule has 354 valence electrons. The summed E-state index contributed by atoms with van der Waals surface area (Å²) in [5, 5.41) is 9.64. The molecule has 62 heavy (non-hydrogen) atoms. The maximum atomic E-state index is 12.7. The largest absolute Gasteiger partial charge is 0.477 e. The molecular weight excluding hydrogens is 775 g/mol. The number of rotatable bonds is 43. The predicted octanol–water partition coefficient (Wildman–Crippen LogP) is 14.1. The summed E-state index contributed by atoms with van der Waals surface area (Å²) in [6.45, 7) is 4.62. The molecule has 0 fully saturated rings. The van der Waals surface area contributed by atoms with E-state index in [1.54, 1.807) is 0 Å². The monoisotopic (exact) mass is 867 g/mol. The van der Waals surface area contributed by atoms with Crippen LogP contribution in [0.3, 0.4) is 0 Å². The maximum Gasteiger partial charge on any atom is 0.362 e. The minimum atomic E-state index is -0.888. The summed E-state index contributed by atoms with van der Waals surface area (Å²) in [4.78, 5) is 37.1. The van der Waals surface area contributed by atoms with Crippen molar-refractivity contribution in [1.29, 1.82) is 0 Å². The van der Waals surface area contributed by atoms with Gasteiger partial charge in [0.25, 0.3) is 0 Å². The minimum absolute atomic E-state index is 0.0302. The van der Waals surface area contributed by atoms with Crippen LogP contribution in [0.4, 0.5) is 0 Å². The number of aliphatic carboxylic acids is 1. The normalized spacial score (nSPS) is 13.6. The van der Waals surface area contributed by atoms with Crippen LogP contribution in [-0.2, 0) is 28.6 Å². The van der Waals surface area contributed by atoms with Crippen molar-refractivity contribution >= 4 is 17.9 Å². The fraction of sp³-hybridized carbons (Fsp3) is 0.685. The summed E-state index contributed by atoms with van der Waals surface area (Å²) >= 11 is 0. The lowest BCUT2D eigenvalue weighted by Crippen LogP contribution is -2.50. The van der Waals surface area contributed by atoms with Gasteiger partial charge in [-0.15, -0.1) is 0 Å². The smallest absolute Gasteiger partial charge is 0.362 e. The van der Waals surface area contributed by atoms with Crippen molar-refractivity contribution in [3.8, 4) is 0 Å². The van der Waals surface area contributed by atoms with Crippen LogP contribution < -0.4 is 0 Å². The summed E-state index contributed by atoms with van der Waals surface area (Å²) in [6.07, 6.45) is 57.8. The lowest BCUT2D eigenvalue weighted by Gasteiger charge is -2.31. The Morgan fingerprint density at radius 1 is 0.484 bits per heavy atom. The van der Waals surface area contributed by atoms with E-state index in [1.807, 2.05) is 21.1 Å². The van der Waals surface area contributed by atoms with E-state index in [4.69, 9.17) is 14.2 Å². The van der Waals surface area contributed by atoms with E-state index in [0.29, 0.717) is 19.3 Å². The standard InChI is InChI=1S/C54H91NO7/c1-6-8-10-12-14-16-18-20-22-24-25-26-27-29-30-32-34-36-38-40-42-44-52(56)61-49-50(48-60-47-46-51(54(58)59)55(3,4)5)62-53(57)45-43-41-39-37-35-33-31-28-23-21-19-17-15-13-11-9-7-2/h14,16,20-23,25-26,29-31,33,37,39,50-51H,6-13,15,17-19,24,27-28,32,34-36,38,40-49H2,1-5H3/p+1/b16-14+,22-20+,23-21+,26-25+,30-29+,33-31+,39-37+. The van der Waals surface area contributed by atoms with Crippen molar-refractivity contribution in [2.75, 3.05) is 41.0 Å². The highest BCUT2D eigenvalue weighted by Gasteiger charge is 2.31. The third-order valence-electron chi connectivity index (χ3n) is 10.5. The van der Waals surface area contributed by atoms with Crippen LogP contribution in [0.15, 0.2) is 85.1 Å². The van der Waals surface area contributed by atoms with Crippen LogP contribution in [-0.4, -0.2) is 80.6 Å². The molecule has 2 unspecified atom stereocenters. The molecule has 0 rings (SSSR count). The highest BCUT2D eigenvalue weighted by molar-refractivity contribution is 5.72. The van der Waals surface area contributed by atoms with E-state index < -0.39 is 18.1 Å². The Kier molecular flexibility index (Phi) is 41.6. The average molecular weight is 867 g/mol. The van der Waals surface area contributed by atoms with Gasteiger partial charge >= 0.3 is 17.9 Å². The van der Waals surface area contributed by atoms with Gasteiger partial charge in [-0.3, -0.25) is 9.59 Å². The average Bonchev–Trinajstić information content (AvgIpc) is 3.23. The lowest BCUT2D eigenvalue weighted by atomic mass is 10.1. The molecule has 0 aliphatic heterocycles. The zero-order chi connectivity index (χ0) is 45.6. The number of likely N-dealkylation sites (N-methyl/N-ethyl adjacent to an activating group) is 1. The van der Waals surface area contributed by atoms with E-state index in [9.17, 15) is 19.5 Å². The molecule has 0 aromatic heterocycles. The molecule has 0 amide bonds. The van der Waals surface area contributed by atoms with Gasteiger partial charge < -0.3 is 23.8 Å². The van der Waals surface area contributed by atoms with Gasteiger partial charge in [-0.2, -0.15) is 0 Å². The van der Waals surface area contributed by atoms with Crippen molar-refractivity contribution in [3.63, 3.8) is 0 Å². The highest BCUT2D eigenvalue weighted by Crippen LogP contribution is 2.12. The first-order valence-corrected chi connectivity index (χ1v) is 24.6. The van der Waals surface area contributed by atoms with Crippen LogP contribution in [0.2, 0.25) is 0 Å². The number of carboxylic acids is 1. The second-order valence-corrected chi connectivity index (χ2v) is 17.4. The molecule has 0 heterocycles. The van der Waals surface area contributed by atoms with Gasteiger partial charge in [-0.05, 0) is 89.9 Å². The third-order valence-corrected chi connectivity index (χ3v) is 10.5. The predicted molar refractivity (Wildman–Crippen MR) is 261 cm³/mol. The molecule has 0 saturated carbocycles.